The third-order valence-corrected chi connectivity index (χ3v) is 4.61. The van der Waals surface area contributed by atoms with Crippen LogP contribution in [0.25, 0.3) is 0 Å². The molecule has 1 rings (SSSR count). The van der Waals surface area contributed by atoms with Crippen molar-refractivity contribution in [3.63, 3.8) is 0 Å². The average Bonchev–Trinajstić information content (AvgIpc) is 2.43. The minimum Gasteiger partial charge on any atom is -0.320 e. The van der Waals surface area contributed by atoms with Crippen molar-refractivity contribution >= 4 is 10.0 Å². The summed E-state index contributed by atoms with van der Waals surface area (Å²) in [5.41, 5.74) is 5.36. The van der Waals surface area contributed by atoms with Gasteiger partial charge in [-0.2, -0.15) is 0 Å². The third-order valence-electron chi connectivity index (χ3n) is 3.13. The van der Waals surface area contributed by atoms with Gasteiger partial charge in [0.1, 0.15) is 5.82 Å². The highest BCUT2D eigenvalue weighted by atomic mass is 32.2. The second-order valence-electron chi connectivity index (χ2n) is 5.03. The molecule has 0 fully saturated rings. The van der Waals surface area contributed by atoms with E-state index in [0.29, 0.717) is 6.42 Å². The first-order valence-electron chi connectivity index (χ1n) is 6.82. The number of nitrogens with two attached hydrogens (primary N) is 1. The van der Waals surface area contributed by atoms with Gasteiger partial charge in [0.05, 0.1) is 17.0 Å². The first-order chi connectivity index (χ1) is 9.81. The molecule has 0 aliphatic heterocycles. The molecule has 21 heavy (non-hydrogen) atoms. The average molecular weight is 312 g/mol. The summed E-state index contributed by atoms with van der Waals surface area (Å²) in [5.74, 6) is 4.58. The molecule has 0 aliphatic rings. The van der Waals surface area contributed by atoms with Crippen molar-refractivity contribution in [1.82, 2.24) is 4.72 Å². The van der Waals surface area contributed by atoms with Gasteiger partial charge in [-0.1, -0.05) is 32.6 Å². The lowest BCUT2D eigenvalue weighted by Crippen LogP contribution is -2.38. The number of sulfonamides is 1. The van der Waals surface area contributed by atoms with Crippen LogP contribution in [0.1, 0.15) is 32.8 Å². The number of rotatable bonds is 5. The van der Waals surface area contributed by atoms with Crippen LogP contribution in [-0.4, -0.2) is 21.0 Å². The van der Waals surface area contributed by atoms with Crippen molar-refractivity contribution in [3.05, 3.63) is 29.6 Å². The van der Waals surface area contributed by atoms with Crippen molar-refractivity contribution < 1.29 is 12.8 Å². The van der Waals surface area contributed by atoms with Crippen molar-refractivity contribution in [2.45, 2.75) is 38.1 Å². The van der Waals surface area contributed by atoms with Crippen molar-refractivity contribution in [1.29, 1.82) is 0 Å². The van der Waals surface area contributed by atoms with E-state index < -0.39 is 15.8 Å². The maximum Gasteiger partial charge on any atom is 0.240 e. The van der Waals surface area contributed by atoms with Crippen LogP contribution in [0.2, 0.25) is 0 Å². The fourth-order valence-corrected chi connectivity index (χ4v) is 3.35. The number of halogens is 1. The highest BCUT2D eigenvalue weighted by Crippen LogP contribution is 2.16. The molecule has 1 aromatic carbocycles. The van der Waals surface area contributed by atoms with Gasteiger partial charge in [0, 0.05) is 6.04 Å². The van der Waals surface area contributed by atoms with Crippen LogP contribution in [0.4, 0.5) is 4.39 Å². The van der Waals surface area contributed by atoms with Gasteiger partial charge >= 0.3 is 0 Å². The van der Waals surface area contributed by atoms with Gasteiger partial charge in [-0.3, -0.25) is 0 Å². The van der Waals surface area contributed by atoms with Gasteiger partial charge in [0.15, 0.2) is 0 Å². The first-order valence-corrected chi connectivity index (χ1v) is 8.31. The summed E-state index contributed by atoms with van der Waals surface area (Å²) in [6.07, 6.45) is 0.666. The molecule has 0 radical (unpaired) electrons. The SMILES string of the molecule is CCC(NS(=O)(=O)c1ccc(C#CCN)c(F)c1)C(C)C. The summed E-state index contributed by atoms with van der Waals surface area (Å²) in [4.78, 5) is -0.0996. The summed E-state index contributed by atoms with van der Waals surface area (Å²) < 4.78 is 40.9. The molecule has 1 aromatic rings. The summed E-state index contributed by atoms with van der Waals surface area (Å²) in [5, 5.41) is 0. The zero-order valence-corrected chi connectivity index (χ0v) is 13.3. The molecule has 116 valence electrons. The number of benzene rings is 1. The molecule has 0 saturated heterocycles. The fourth-order valence-electron chi connectivity index (χ4n) is 1.87. The maximum atomic E-state index is 13.8. The van der Waals surface area contributed by atoms with Crippen molar-refractivity contribution in [2.24, 2.45) is 11.7 Å². The smallest absolute Gasteiger partial charge is 0.240 e. The van der Waals surface area contributed by atoms with Gasteiger partial charge in [-0.25, -0.2) is 17.5 Å². The Morgan fingerprint density at radius 3 is 2.52 bits per heavy atom. The van der Waals surface area contributed by atoms with E-state index in [9.17, 15) is 12.8 Å². The van der Waals surface area contributed by atoms with Crippen LogP contribution in [-0.2, 0) is 10.0 Å². The van der Waals surface area contributed by atoms with E-state index in [1.807, 2.05) is 20.8 Å². The van der Waals surface area contributed by atoms with Crippen LogP contribution in [0, 0.1) is 23.6 Å². The molecule has 6 heteroatoms. The van der Waals surface area contributed by atoms with E-state index in [1.165, 1.54) is 12.1 Å². The quantitative estimate of drug-likeness (QED) is 0.815. The standard InChI is InChI=1S/C15H21FN2O2S/c1-4-15(11(2)3)18-21(19,20)13-8-7-12(6-5-9-17)14(16)10-13/h7-8,10-11,15,18H,4,9,17H2,1-3H3. The molecule has 1 atom stereocenters. The lowest BCUT2D eigenvalue weighted by molar-refractivity contribution is 0.437. The normalized spacial score (nSPS) is 12.9. The van der Waals surface area contributed by atoms with Crippen molar-refractivity contribution in [3.8, 4) is 11.8 Å². The molecule has 0 saturated carbocycles. The Bertz CT molecular complexity index is 645. The number of nitrogens with one attached hydrogen (secondary N) is 1. The Kier molecular flexibility index (Phi) is 6.34. The van der Waals surface area contributed by atoms with E-state index in [0.717, 1.165) is 6.07 Å². The highest BCUT2D eigenvalue weighted by Gasteiger charge is 2.22. The van der Waals surface area contributed by atoms with Crippen molar-refractivity contribution in [2.75, 3.05) is 6.54 Å². The molecule has 0 spiro atoms. The number of hydrogen-bond donors (Lipinski definition) is 2. The van der Waals surface area contributed by atoms with Gasteiger partial charge in [-0.05, 0) is 30.5 Å². The molecule has 0 bridgehead atoms. The van der Waals surface area contributed by atoms with E-state index >= 15 is 0 Å². The van der Waals surface area contributed by atoms with Gasteiger partial charge in [0.2, 0.25) is 10.0 Å². The van der Waals surface area contributed by atoms with Crippen LogP contribution in [0.5, 0.6) is 0 Å². The summed E-state index contributed by atoms with van der Waals surface area (Å²) >= 11 is 0. The van der Waals surface area contributed by atoms with E-state index in [-0.39, 0.29) is 29.0 Å². The Morgan fingerprint density at radius 1 is 1.38 bits per heavy atom. The molecule has 0 amide bonds. The zero-order valence-electron chi connectivity index (χ0n) is 12.5. The Morgan fingerprint density at radius 2 is 2.05 bits per heavy atom. The maximum absolute atomic E-state index is 13.8. The van der Waals surface area contributed by atoms with Gasteiger partial charge in [0.25, 0.3) is 0 Å². The summed E-state index contributed by atoms with van der Waals surface area (Å²) in [7, 11) is -3.74. The molecule has 1 unspecified atom stereocenters. The highest BCUT2D eigenvalue weighted by molar-refractivity contribution is 7.89. The molecule has 0 heterocycles. The lowest BCUT2D eigenvalue weighted by atomic mass is 10.0. The largest absolute Gasteiger partial charge is 0.320 e. The predicted molar refractivity (Wildman–Crippen MR) is 81.6 cm³/mol. The molecular weight excluding hydrogens is 291 g/mol. The van der Waals surface area contributed by atoms with E-state index in [1.54, 1.807) is 0 Å². The molecule has 0 aromatic heterocycles. The summed E-state index contributed by atoms with van der Waals surface area (Å²) in [6, 6.07) is 3.49. The lowest BCUT2D eigenvalue weighted by Gasteiger charge is -2.20. The van der Waals surface area contributed by atoms with Gasteiger partial charge in [-0.15, -0.1) is 0 Å². The topological polar surface area (TPSA) is 72.2 Å². The molecular formula is C15H21FN2O2S. The Balaban J connectivity index is 3.07. The second kappa shape index (κ2) is 7.55. The van der Waals surface area contributed by atoms with Crippen LogP contribution in [0.15, 0.2) is 23.1 Å². The molecule has 4 nitrogen and oxygen atoms in total. The minimum atomic E-state index is -3.74. The predicted octanol–water partition coefficient (Wildman–Crippen LogP) is 1.85. The van der Waals surface area contributed by atoms with Crippen LogP contribution in [0.3, 0.4) is 0 Å². The second-order valence-corrected chi connectivity index (χ2v) is 6.74. The first kappa shape index (κ1) is 17.6. The summed E-state index contributed by atoms with van der Waals surface area (Å²) in [6.45, 7) is 5.89. The van der Waals surface area contributed by atoms with Gasteiger partial charge < -0.3 is 5.73 Å². The monoisotopic (exact) mass is 312 g/mol. The minimum absolute atomic E-state index is 0.0996. The fraction of sp³-hybridized carbons (Fsp3) is 0.467. The zero-order chi connectivity index (χ0) is 16.0. The van der Waals surface area contributed by atoms with Crippen LogP contribution >= 0.6 is 0 Å². The van der Waals surface area contributed by atoms with E-state index in [2.05, 4.69) is 16.6 Å². The van der Waals surface area contributed by atoms with Crippen LogP contribution < -0.4 is 10.5 Å². The molecule has 3 N–H and O–H groups in total. The molecule has 0 aliphatic carbocycles. The number of hydrogen-bond acceptors (Lipinski definition) is 3. The Hall–Kier alpha value is -1.42. The Labute approximate surface area is 126 Å². The third kappa shape index (κ3) is 4.81. The van der Waals surface area contributed by atoms with E-state index in [4.69, 9.17) is 5.73 Å².